The number of aryl methyl sites for hydroxylation is 1. The van der Waals surface area contributed by atoms with E-state index >= 15 is 0 Å². The van der Waals surface area contributed by atoms with Crippen LogP contribution in [0.3, 0.4) is 0 Å². The standard InChI is InChI=1S/C11H20N2O/c1-9(2)11(8-14)12-6-10-4-5-13(3)7-10/h4-5,7,9,11-12,14H,6,8H2,1-3H3. The summed E-state index contributed by atoms with van der Waals surface area (Å²) in [5.41, 5.74) is 1.26. The van der Waals surface area contributed by atoms with Gasteiger partial charge < -0.3 is 15.0 Å². The van der Waals surface area contributed by atoms with Gasteiger partial charge >= 0.3 is 0 Å². The molecule has 1 unspecified atom stereocenters. The minimum absolute atomic E-state index is 0.190. The van der Waals surface area contributed by atoms with Crippen LogP contribution < -0.4 is 5.32 Å². The highest BCUT2D eigenvalue weighted by Crippen LogP contribution is 2.04. The topological polar surface area (TPSA) is 37.2 Å². The van der Waals surface area contributed by atoms with Gasteiger partial charge in [-0.25, -0.2) is 0 Å². The van der Waals surface area contributed by atoms with E-state index in [1.54, 1.807) is 0 Å². The average Bonchev–Trinajstić information content (AvgIpc) is 2.52. The molecule has 0 fully saturated rings. The normalized spacial score (nSPS) is 13.5. The van der Waals surface area contributed by atoms with Gasteiger partial charge in [0.25, 0.3) is 0 Å². The second-order valence-electron chi connectivity index (χ2n) is 4.10. The lowest BCUT2D eigenvalue weighted by Crippen LogP contribution is -2.36. The molecule has 1 aromatic rings. The van der Waals surface area contributed by atoms with E-state index in [1.165, 1.54) is 5.56 Å². The minimum Gasteiger partial charge on any atom is -0.395 e. The van der Waals surface area contributed by atoms with Crippen molar-refractivity contribution in [2.45, 2.75) is 26.4 Å². The molecular formula is C11H20N2O. The Balaban J connectivity index is 2.39. The first kappa shape index (κ1) is 11.3. The van der Waals surface area contributed by atoms with E-state index in [-0.39, 0.29) is 12.6 Å². The molecule has 0 spiro atoms. The molecule has 0 aliphatic carbocycles. The van der Waals surface area contributed by atoms with Crippen molar-refractivity contribution >= 4 is 0 Å². The lowest BCUT2D eigenvalue weighted by molar-refractivity contribution is 0.210. The van der Waals surface area contributed by atoms with Crippen molar-refractivity contribution in [2.75, 3.05) is 6.61 Å². The van der Waals surface area contributed by atoms with Crippen molar-refractivity contribution in [3.8, 4) is 0 Å². The summed E-state index contributed by atoms with van der Waals surface area (Å²) in [7, 11) is 2.01. The molecule has 1 heterocycles. The van der Waals surface area contributed by atoms with Crippen LogP contribution in [0.25, 0.3) is 0 Å². The summed E-state index contributed by atoms with van der Waals surface area (Å²) in [5, 5.41) is 12.4. The fourth-order valence-corrected chi connectivity index (χ4v) is 1.43. The molecule has 0 saturated heterocycles. The smallest absolute Gasteiger partial charge is 0.0587 e. The first-order valence-corrected chi connectivity index (χ1v) is 5.08. The second-order valence-corrected chi connectivity index (χ2v) is 4.10. The monoisotopic (exact) mass is 196 g/mol. The Labute approximate surface area is 85.7 Å². The van der Waals surface area contributed by atoms with Gasteiger partial charge in [-0.05, 0) is 17.5 Å². The molecule has 3 heteroatoms. The molecule has 0 radical (unpaired) electrons. The summed E-state index contributed by atoms with van der Waals surface area (Å²) in [6, 6.07) is 2.28. The highest BCUT2D eigenvalue weighted by Gasteiger charge is 2.10. The first-order chi connectivity index (χ1) is 6.63. The molecule has 0 aromatic carbocycles. The van der Waals surface area contributed by atoms with E-state index < -0.39 is 0 Å². The number of hydrogen-bond donors (Lipinski definition) is 2. The summed E-state index contributed by atoms with van der Waals surface area (Å²) in [4.78, 5) is 0. The van der Waals surface area contributed by atoms with Crippen LogP contribution >= 0.6 is 0 Å². The molecule has 1 atom stereocenters. The Kier molecular flexibility index (Phi) is 4.17. The van der Waals surface area contributed by atoms with E-state index in [4.69, 9.17) is 5.11 Å². The number of aromatic nitrogens is 1. The predicted octanol–water partition coefficient (Wildman–Crippen LogP) is 1.13. The van der Waals surface area contributed by atoms with Crippen LogP contribution in [0.1, 0.15) is 19.4 Å². The van der Waals surface area contributed by atoms with Crippen LogP contribution in [0.15, 0.2) is 18.5 Å². The van der Waals surface area contributed by atoms with Gasteiger partial charge in [0, 0.05) is 32.0 Å². The third-order valence-corrected chi connectivity index (χ3v) is 2.46. The van der Waals surface area contributed by atoms with Gasteiger partial charge in [0.15, 0.2) is 0 Å². The van der Waals surface area contributed by atoms with Gasteiger partial charge in [0.05, 0.1) is 6.61 Å². The van der Waals surface area contributed by atoms with Gasteiger partial charge in [-0.3, -0.25) is 0 Å². The highest BCUT2D eigenvalue weighted by molar-refractivity contribution is 5.09. The molecule has 0 aliphatic rings. The fraction of sp³-hybridized carbons (Fsp3) is 0.636. The first-order valence-electron chi connectivity index (χ1n) is 5.08. The summed E-state index contributed by atoms with van der Waals surface area (Å²) in [6.45, 7) is 5.24. The SMILES string of the molecule is CC(C)C(CO)NCc1ccn(C)c1. The van der Waals surface area contributed by atoms with Crippen molar-refractivity contribution < 1.29 is 5.11 Å². The van der Waals surface area contributed by atoms with E-state index in [2.05, 4.69) is 31.4 Å². The number of rotatable bonds is 5. The largest absolute Gasteiger partial charge is 0.395 e. The van der Waals surface area contributed by atoms with Crippen LogP contribution in [0, 0.1) is 5.92 Å². The molecule has 0 bridgehead atoms. The molecule has 1 rings (SSSR count). The summed E-state index contributed by atoms with van der Waals surface area (Å²) >= 11 is 0. The number of aliphatic hydroxyl groups is 1. The second kappa shape index (κ2) is 5.17. The third-order valence-electron chi connectivity index (χ3n) is 2.46. The Morgan fingerprint density at radius 2 is 2.21 bits per heavy atom. The van der Waals surface area contributed by atoms with E-state index in [0.717, 1.165) is 6.54 Å². The Morgan fingerprint density at radius 3 is 2.64 bits per heavy atom. The summed E-state index contributed by atoms with van der Waals surface area (Å²) in [5.74, 6) is 0.462. The predicted molar refractivity (Wildman–Crippen MR) is 58.0 cm³/mol. The maximum absolute atomic E-state index is 9.11. The number of nitrogens with zero attached hydrogens (tertiary/aromatic N) is 1. The van der Waals surface area contributed by atoms with Crippen LogP contribution in [0.2, 0.25) is 0 Å². The van der Waals surface area contributed by atoms with E-state index in [9.17, 15) is 0 Å². The molecule has 0 saturated carbocycles. The van der Waals surface area contributed by atoms with Crippen molar-refractivity contribution in [3.63, 3.8) is 0 Å². The van der Waals surface area contributed by atoms with Crippen molar-refractivity contribution in [2.24, 2.45) is 13.0 Å². The van der Waals surface area contributed by atoms with E-state index in [0.29, 0.717) is 5.92 Å². The third kappa shape index (κ3) is 3.16. The molecule has 0 aliphatic heterocycles. The number of nitrogens with one attached hydrogen (secondary N) is 1. The zero-order valence-corrected chi connectivity index (χ0v) is 9.20. The molecule has 3 nitrogen and oxygen atoms in total. The quantitative estimate of drug-likeness (QED) is 0.741. The molecular weight excluding hydrogens is 176 g/mol. The van der Waals surface area contributed by atoms with Crippen LogP contribution in [-0.4, -0.2) is 22.3 Å². The minimum atomic E-state index is 0.190. The average molecular weight is 196 g/mol. The number of hydrogen-bond acceptors (Lipinski definition) is 2. The van der Waals surface area contributed by atoms with Gasteiger partial charge in [-0.15, -0.1) is 0 Å². The van der Waals surface area contributed by atoms with Crippen molar-refractivity contribution in [1.29, 1.82) is 0 Å². The molecule has 2 N–H and O–H groups in total. The molecule has 80 valence electrons. The summed E-state index contributed by atoms with van der Waals surface area (Å²) in [6.07, 6.45) is 4.11. The maximum atomic E-state index is 9.11. The fourth-order valence-electron chi connectivity index (χ4n) is 1.43. The number of aliphatic hydroxyl groups excluding tert-OH is 1. The Morgan fingerprint density at radius 1 is 1.50 bits per heavy atom. The lowest BCUT2D eigenvalue weighted by Gasteiger charge is -2.19. The van der Waals surface area contributed by atoms with Crippen LogP contribution in [0.4, 0.5) is 0 Å². The zero-order chi connectivity index (χ0) is 10.6. The van der Waals surface area contributed by atoms with E-state index in [1.807, 2.05) is 17.8 Å². The van der Waals surface area contributed by atoms with Crippen molar-refractivity contribution in [3.05, 3.63) is 24.0 Å². The summed E-state index contributed by atoms with van der Waals surface area (Å²) < 4.78 is 2.03. The van der Waals surface area contributed by atoms with Gasteiger partial charge in [0.1, 0.15) is 0 Å². The molecule has 14 heavy (non-hydrogen) atoms. The zero-order valence-electron chi connectivity index (χ0n) is 9.20. The molecule has 1 aromatic heterocycles. The van der Waals surface area contributed by atoms with Gasteiger partial charge in [-0.2, -0.15) is 0 Å². The maximum Gasteiger partial charge on any atom is 0.0587 e. The Bertz CT molecular complexity index is 268. The van der Waals surface area contributed by atoms with Gasteiger partial charge in [0.2, 0.25) is 0 Å². The van der Waals surface area contributed by atoms with Crippen LogP contribution in [0.5, 0.6) is 0 Å². The lowest BCUT2D eigenvalue weighted by atomic mass is 10.1. The Hall–Kier alpha value is -0.800. The highest BCUT2D eigenvalue weighted by atomic mass is 16.3. The van der Waals surface area contributed by atoms with Crippen LogP contribution in [-0.2, 0) is 13.6 Å². The molecule has 0 amide bonds. The van der Waals surface area contributed by atoms with Crippen molar-refractivity contribution in [1.82, 2.24) is 9.88 Å². The van der Waals surface area contributed by atoms with Gasteiger partial charge in [-0.1, -0.05) is 13.8 Å².